The third kappa shape index (κ3) is 15.7. The first-order valence-corrected chi connectivity index (χ1v) is 9.75. The van der Waals surface area contributed by atoms with Gasteiger partial charge < -0.3 is 15.3 Å². The summed E-state index contributed by atoms with van der Waals surface area (Å²) in [6.45, 7) is 2.64. The Morgan fingerprint density at radius 3 is 1.52 bits per heavy atom. The molecular weight excluding hydrogens is 316 g/mol. The Balaban J connectivity index is 0.000000496. The van der Waals surface area contributed by atoms with E-state index >= 15 is 0 Å². The molecule has 0 aliphatic heterocycles. The van der Waals surface area contributed by atoms with E-state index in [1.807, 2.05) is 0 Å². The molecule has 3 N–H and O–H groups in total. The third-order valence-corrected chi connectivity index (χ3v) is 4.13. The number of carbonyl (C=O) groups is 1. The first kappa shape index (κ1) is 23.4. The van der Waals surface area contributed by atoms with Crippen LogP contribution < -0.4 is 0 Å². The predicted octanol–water partition coefficient (Wildman–Crippen LogP) is 5.77. The summed E-state index contributed by atoms with van der Waals surface area (Å²) in [5, 5.41) is 25.7. The SMILES string of the molecule is CCCCCCCCCCCCCCO.O=C(O)c1ccc(O)cc1. The molecule has 0 aromatic heterocycles. The molecule has 144 valence electrons. The molecule has 0 radical (unpaired) electrons. The molecule has 25 heavy (non-hydrogen) atoms. The number of phenols is 1. The molecule has 1 aromatic carbocycles. The van der Waals surface area contributed by atoms with E-state index in [4.69, 9.17) is 15.3 Å². The summed E-state index contributed by atoms with van der Waals surface area (Å²) in [7, 11) is 0. The molecule has 4 nitrogen and oxygen atoms in total. The van der Waals surface area contributed by atoms with Gasteiger partial charge in [0.2, 0.25) is 0 Å². The van der Waals surface area contributed by atoms with Crippen LogP contribution in [0.4, 0.5) is 0 Å². The molecule has 0 heterocycles. The monoisotopic (exact) mass is 352 g/mol. The van der Waals surface area contributed by atoms with Gasteiger partial charge >= 0.3 is 5.97 Å². The number of carboxylic acid groups (broad SMARTS) is 1. The first-order chi connectivity index (χ1) is 12.1. The second-order valence-electron chi connectivity index (χ2n) is 6.46. The average molecular weight is 353 g/mol. The minimum absolute atomic E-state index is 0.0741. The van der Waals surface area contributed by atoms with E-state index in [1.165, 1.54) is 94.9 Å². The first-order valence-electron chi connectivity index (χ1n) is 9.75. The average Bonchev–Trinajstić information content (AvgIpc) is 2.61. The van der Waals surface area contributed by atoms with Crippen molar-refractivity contribution in [3.8, 4) is 5.75 Å². The van der Waals surface area contributed by atoms with Gasteiger partial charge in [-0.15, -0.1) is 0 Å². The van der Waals surface area contributed by atoms with Crippen LogP contribution in [0.25, 0.3) is 0 Å². The molecule has 1 rings (SSSR count). The highest BCUT2D eigenvalue weighted by molar-refractivity contribution is 5.87. The van der Waals surface area contributed by atoms with Crippen molar-refractivity contribution in [1.29, 1.82) is 0 Å². The quantitative estimate of drug-likeness (QED) is 0.394. The van der Waals surface area contributed by atoms with E-state index in [-0.39, 0.29) is 11.3 Å². The van der Waals surface area contributed by atoms with Gasteiger partial charge in [-0.05, 0) is 30.7 Å². The van der Waals surface area contributed by atoms with Crippen LogP contribution in [0, 0.1) is 0 Å². The van der Waals surface area contributed by atoms with Crippen molar-refractivity contribution in [2.75, 3.05) is 6.61 Å². The maximum atomic E-state index is 10.2. The molecule has 4 heteroatoms. The minimum Gasteiger partial charge on any atom is -0.508 e. The lowest BCUT2D eigenvalue weighted by molar-refractivity contribution is 0.0697. The summed E-state index contributed by atoms with van der Waals surface area (Å²) in [4.78, 5) is 10.2. The zero-order chi connectivity index (χ0) is 18.8. The maximum Gasteiger partial charge on any atom is 0.335 e. The summed E-state index contributed by atoms with van der Waals surface area (Å²) in [6, 6.07) is 5.36. The number of aromatic hydroxyl groups is 1. The van der Waals surface area contributed by atoms with Gasteiger partial charge in [-0.1, -0.05) is 77.6 Å². The number of hydrogen-bond acceptors (Lipinski definition) is 3. The Morgan fingerprint density at radius 2 is 1.16 bits per heavy atom. The van der Waals surface area contributed by atoms with Crippen LogP contribution in [0.1, 0.15) is 94.3 Å². The maximum absolute atomic E-state index is 10.2. The Kier molecular flexibility index (Phi) is 16.2. The second kappa shape index (κ2) is 17.3. The normalized spacial score (nSPS) is 10.2. The Morgan fingerprint density at radius 1 is 0.760 bits per heavy atom. The Bertz CT molecular complexity index is 402. The van der Waals surface area contributed by atoms with Gasteiger partial charge in [0.1, 0.15) is 5.75 Å². The van der Waals surface area contributed by atoms with E-state index in [9.17, 15) is 4.79 Å². The predicted molar refractivity (Wildman–Crippen MR) is 103 cm³/mol. The lowest BCUT2D eigenvalue weighted by atomic mass is 10.1. The van der Waals surface area contributed by atoms with Gasteiger partial charge in [0.05, 0.1) is 5.56 Å². The van der Waals surface area contributed by atoms with Gasteiger partial charge in [-0.3, -0.25) is 0 Å². The lowest BCUT2D eigenvalue weighted by Gasteiger charge is -2.01. The fourth-order valence-corrected chi connectivity index (χ4v) is 2.56. The highest BCUT2D eigenvalue weighted by atomic mass is 16.4. The number of aromatic carboxylic acids is 1. The van der Waals surface area contributed by atoms with Crippen LogP contribution in [0.2, 0.25) is 0 Å². The van der Waals surface area contributed by atoms with Crippen molar-refractivity contribution in [2.24, 2.45) is 0 Å². The van der Waals surface area contributed by atoms with Gasteiger partial charge in [-0.2, -0.15) is 0 Å². The number of phenolic OH excluding ortho intramolecular Hbond substituents is 1. The number of rotatable bonds is 13. The van der Waals surface area contributed by atoms with Crippen LogP contribution >= 0.6 is 0 Å². The molecule has 0 spiro atoms. The largest absolute Gasteiger partial charge is 0.508 e. The molecule has 1 aromatic rings. The lowest BCUT2D eigenvalue weighted by Crippen LogP contribution is -1.93. The van der Waals surface area contributed by atoms with Crippen molar-refractivity contribution in [2.45, 2.75) is 84.0 Å². The van der Waals surface area contributed by atoms with E-state index in [2.05, 4.69) is 6.92 Å². The highest BCUT2D eigenvalue weighted by Gasteiger charge is 1.99. The number of aliphatic hydroxyl groups is 1. The number of aliphatic hydroxyl groups excluding tert-OH is 1. The zero-order valence-corrected chi connectivity index (χ0v) is 15.8. The van der Waals surface area contributed by atoms with Gasteiger partial charge in [0.25, 0.3) is 0 Å². The van der Waals surface area contributed by atoms with Crippen molar-refractivity contribution < 1.29 is 20.1 Å². The topological polar surface area (TPSA) is 77.8 Å². The second-order valence-corrected chi connectivity index (χ2v) is 6.46. The minimum atomic E-state index is -0.986. The van der Waals surface area contributed by atoms with Gasteiger partial charge in [-0.25, -0.2) is 4.79 Å². The van der Waals surface area contributed by atoms with Crippen LogP contribution in [0.15, 0.2) is 24.3 Å². The van der Waals surface area contributed by atoms with Crippen LogP contribution in [-0.2, 0) is 0 Å². The van der Waals surface area contributed by atoms with E-state index < -0.39 is 5.97 Å². The summed E-state index contributed by atoms with van der Waals surface area (Å²) >= 11 is 0. The van der Waals surface area contributed by atoms with Crippen LogP contribution in [-0.4, -0.2) is 27.9 Å². The fraction of sp³-hybridized carbons (Fsp3) is 0.667. The van der Waals surface area contributed by atoms with Crippen LogP contribution in [0.5, 0.6) is 5.75 Å². The molecule has 0 saturated heterocycles. The molecule has 0 atom stereocenters. The summed E-state index contributed by atoms with van der Waals surface area (Å²) in [5.74, 6) is -0.912. The summed E-state index contributed by atoms with van der Waals surface area (Å²) < 4.78 is 0. The van der Waals surface area contributed by atoms with Gasteiger partial charge in [0, 0.05) is 6.61 Å². The van der Waals surface area contributed by atoms with Crippen molar-refractivity contribution in [1.82, 2.24) is 0 Å². The van der Waals surface area contributed by atoms with Crippen molar-refractivity contribution in [3.63, 3.8) is 0 Å². The van der Waals surface area contributed by atoms with Crippen molar-refractivity contribution in [3.05, 3.63) is 29.8 Å². The third-order valence-electron chi connectivity index (χ3n) is 4.13. The van der Waals surface area contributed by atoms with Crippen LogP contribution in [0.3, 0.4) is 0 Å². The smallest absolute Gasteiger partial charge is 0.335 e. The fourth-order valence-electron chi connectivity index (χ4n) is 2.56. The Labute approximate surface area is 152 Å². The number of benzene rings is 1. The number of hydrogen-bond donors (Lipinski definition) is 3. The number of carboxylic acids is 1. The molecule has 0 saturated carbocycles. The highest BCUT2D eigenvalue weighted by Crippen LogP contribution is 2.11. The van der Waals surface area contributed by atoms with Crippen molar-refractivity contribution >= 4 is 5.97 Å². The molecule has 0 aliphatic rings. The van der Waals surface area contributed by atoms with E-state index in [0.717, 1.165) is 6.42 Å². The molecule has 0 unspecified atom stereocenters. The zero-order valence-electron chi connectivity index (χ0n) is 15.8. The summed E-state index contributed by atoms with van der Waals surface area (Å²) in [6.07, 6.45) is 16.2. The molecule has 0 amide bonds. The van der Waals surface area contributed by atoms with Gasteiger partial charge in [0.15, 0.2) is 0 Å². The molecule has 0 bridgehead atoms. The molecular formula is C21H36O4. The standard InChI is InChI=1S/C14H30O.C7H6O3/c1-2-3-4-5-6-7-8-9-10-11-12-13-14-15;8-6-3-1-5(2-4-6)7(9)10/h15H,2-14H2,1H3;1-4,8H,(H,9,10). The Hall–Kier alpha value is -1.55. The van der Waals surface area contributed by atoms with E-state index in [0.29, 0.717) is 6.61 Å². The number of unbranched alkanes of at least 4 members (excludes halogenated alkanes) is 11. The molecule has 0 aliphatic carbocycles. The van der Waals surface area contributed by atoms with E-state index in [1.54, 1.807) is 0 Å². The molecule has 0 fully saturated rings. The summed E-state index contributed by atoms with van der Waals surface area (Å²) in [5.41, 5.74) is 0.179.